The van der Waals surface area contributed by atoms with E-state index in [4.69, 9.17) is 0 Å². The van der Waals surface area contributed by atoms with Crippen LogP contribution in [0.3, 0.4) is 0 Å². The number of hydrogen-bond acceptors (Lipinski definition) is 6. The second kappa shape index (κ2) is 11.6. The van der Waals surface area contributed by atoms with Gasteiger partial charge in [-0.05, 0) is 50.1 Å². The van der Waals surface area contributed by atoms with Gasteiger partial charge in [-0.25, -0.2) is 0 Å². The van der Waals surface area contributed by atoms with E-state index < -0.39 is 36.3 Å². The van der Waals surface area contributed by atoms with Crippen molar-refractivity contribution in [2.45, 2.75) is 46.2 Å². The second-order valence-electron chi connectivity index (χ2n) is 9.11. The van der Waals surface area contributed by atoms with E-state index in [1.165, 1.54) is 23.6 Å². The Labute approximate surface area is 215 Å². The number of carbonyl (C=O) groups excluding carboxylic acids is 6. The van der Waals surface area contributed by atoms with Crippen molar-refractivity contribution in [3.8, 4) is 0 Å². The van der Waals surface area contributed by atoms with Crippen LogP contribution in [0.15, 0.2) is 42.5 Å². The molecule has 0 spiro atoms. The second-order valence-corrected chi connectivity index (χ2v) is 9.11. The lowest BCUT2D eigenvalue weighted by atomic mass is 10.1. The Morgan fingerprint density at radius 2 is 1.76 bits per heavy atom. The molecule has 0 unspecified atom stereocenters. The number of rotatable bonds is 8. The van der Waals surface area contributed by atoms with Gasteiger partial charge in [0, 0.05) is 18.9 Å². The Morgan fingerprint density at radius 1 is 1.08 bits per heavy atom. The van der Waals surface area contributed by atoms with E-state index >= 15 is 0 Å². The molecule has 194 valence electrons. The van der Waals surface area contributed by atoms with E-state index in [2.05, 4.69) is 10.6 Å². The fraction of sp³-hybridized carbons (Fsp3) is 0.333. The van der Waals surface area contributed by atoms with Gasteiger partial charge in [0.05, 0.1) is 24.0 Å². The molecule has 0 saturated heterocycles. The van der Waals surface area contributed by atoms with Crippen LogP contribution in [-0.4, -0.2) is 60.9 Å². The zero-order valence-electron chi connectivity index (χ0n) is 21.2. The van der Waals surface area contributed by atoms with Gasteiger partial charge in [-0.3, -0.25) is 28.9 Å². The number of fused-ring (bicyclic) bond motifs is 1. The van der Waals surface area contributed by atoms with Crippen LogP contribution in [0.5, 0.6) is 0 Å². The van der Waals surface area contributed by atoms with Gasteiger partial charge < -0.3 is 20.3 Å². The third-order valence-electron chi connectivity index (χ3n) is 5.96. The zero-order valence-corrected chi connectivity index (χ0v) is 21.2. The molecule has 0 saturated carbocycles. The zero-order chi connectivity index (χ0) is 27.3. The number of Topliss-reactive ketones (excluding diaryl/α,β-unsaturated/α-hetero) is 1. The topological polar surface area (TPSA) is 133 Å². The highest BCUT2D eigenvalue weighted by molar-refractivity contribution is 6.11. The maximum atomic E-state index is 13.8. The number of carbonyl (C=O) groups is 6. The molecule has 1 aliphatic rings. The fourth-order valence-electron chi connectivity index (χ4n) is 4.38. The van der Waals surface area contributed by atoms with Crippen LogP contribution >= 0.6 is 0 Å². The Hall–Kier alpha value is -4.34. The molecule has 2 N–H and O–H groups in total. The molecule has 0 radical (unpaired) electrons. The molecule has 0 aromatic heterocycles. The van der Waals surface area contributed by atoms with Crippen molar-refractivity contribution >= 4 is 47.1 Å². The predicted molar refractivity (Wildman–Crippen MR) is 137 cm³/mol. The van der Waals surface area contributed by atoms with Crippen LogP contribution < -0.4 is 20.4 Å². The quantitative estimate of drug-likeness (QED) is 0.521. The summed E-state index contributed by atoms with van der Waals surface area (Å²) in [5, 5.41) is 5.18. The van der Waals surface area contributed by atoms with Gasteiger partial charge in [0.25, 0.3) is 11.8 Å². The van der Waals surface area contributed by atoms with Crippen LogP contribution in [0.25, 0.3) is 0 Å². The number of aryl methyl sites for hydroxylation is 2. The normalized spacial score (nSPS) is 15.8. The van der Waals surface area contributed by atoms with Gasteiger partial charge in [-0.15, -0.1) is 0 Å². The summed E-state index contributed by atoms with van der Waals surface area (Å²) in [6, 6.07) is 9.71. The number of benzene rings is 2. The molecule has 10 nitrogen and oxygen atoms in total. The summed E-state index contributed by atoms with van der Waals surface area (Å²) in [6.45, 7) is 5.65. The number of amides is 4. The van der Waals surface area contributed by atoms with Crippen LogP contribution in [0.4, 0.5) is 11.4 Å². The molecule has 3 rings (SSSR count). The van der Waals surface area contributed by atoms with Crippen molar-refractivity contribution < 1.29 is 28.8 Å². The Morgan fingerprint density at radius 3 is 2.35 bits per heavy atom. The van der Waals surface area contributed by atoms with Gasteiger partial charge in [0.15, 0.2) is 0 Å². The Kier molecular flexibility index (Phi) is 8.54. The van der Waals surface area contributed by atoms with E-state index in [9.17, 15) is 28.8 Å². The predicted octanol–water partition coefficient (Wildman–Crippen LogP) is 1.46. The molecular weight excluding hydrogens is 476 g/mol. The molecular formula is C27H30N4O6. The highest BCUT2D eigenvalue weighted by Crippen LogP contribution is 2.37. The maximum absolute atomic E-state index is 13.8. The highest BCUT2D eigenvalue weighted by Gasteiger charge is 2.38. The van der Waals surface area contributed by atoms with Crippen molar-refractivity contribution in [2.24, 2.45) is 0 Å². The van der Waals surface area contributed by atoms with Crippen LogP contribution in [-0.2, 0) is 24.0 Å². The first-order chi connectivity index (χ1) is 17.5. The number of aldehydes is 1. The molecule has 4 amide bonds. The highest BCUT2D eigenvalue weighted by atomic mass is 16.2. The summed E-state index contributed by atoms with van der Waals surface area (Å²) in [4.78, 5) is 77.8. The summed E-state index contributed by atoms with van der Waals surface area (Å²) >= 11 is 0. The molecule has 1 heterocycles. The number of anilines is 2. The van der Waals surface area contributed by atoms with Gasteiger partial charge in [-0.2, -0.15) is 0 Å². The lowest BCUT2D eigenvalue weighted by Gasteiger charge is -2.27. The lowest BCUT2D eigenvalue weighted by molar-refractivity contribution is -0.127. The summed E-state index contributed by atoms with van der Waals surface area (Å²) in [5.41, 5.74) is 2.60. The summed E-state index contributed by atoms with van der Waals surface area (Å²) in [6.07, 6.45) is 0.290. The molecule has 0 aliphatic carbocycles. The van der Waals surface area contributed by atoms with E-state index in [1.54, 1.807) is 43.3 Å². The number of ketones is 1. The molecule has 0 bridgehead atoms. The largest absolute Gasteiger partial charge is 0.345 e. The third kappa shape index (κ3) is 6.46. The van der Waals surface area contributed by atoms with Crippen LogP contribution in [0.2, 0.25) is 0 Å². The standard InChI is InChI=1S/C27H30N4O6/c1-16-10-17(2)25-23(11-16)30(19(4)34)13-22(29-26(36)20-8-6-5-7-9-20)27(37)31(25)14-24(35)28-21(15-32)12-18(3)33/h5-11,15,21-22H,12-14H2,1-4H3,(H,28,35)(H,29,36)/t21-,22-/m0/s1. The number of hydrogen-bond donors (Lipinski definition) is 2. The van der Waals surface area contributed by atoms with Crippen molar-refractivity contribution in [2.75, 3.05) is 22.9 Å². The first kappa shape index (κ1) is 27.3. The summed E-state index contributed by atoms with van der Waals surface area (Å²) in [5.74, 6) is -2.38. The lowest BCUT2D eigenvalue weighted by Crippen LogP contribution is -2.54. The number of nitrogens with one attached hydrogen (secondary N) is 2. The molecule has 1 aliphatic heterocycles. The number of nitrogens with zero attached hydrogens (tertiary/aromatic N) is 2. The van der Waals surface area contributed by atoms with Crippen LogP contribution in [0, 0.1) is 13.8 Å². The van der Waals surface area contributed by atoms with Crippen molar-refractivity contribution in [1.82, 2.24) is 10.6 Å². The average molecular weight is 507 g/mol. The maximum Gasteiger partial charge on any atom is 0.251 e. The molecule has 37 heavy (non-hydrogen) atoms. The molecule has 2 atom stereocenters. The minimum Gasteiger partial charge on any atom is -0.345 e. The summed E-state index contributed by atoms with van der Waals surface area (Å²) in [7, 11) is 0. The van der Waals surface area contributed by atoms with Gasteiger partial charge in [-0.1, -0.05) is 24.3 Å². The third-order valence-corrected chi connectivity index (χ3v) is 5.96. The molecule has 2 aromatic rings. The monoisotopic (exact) mass is 506 g/mol. The van der Waals surface area contributed by atoms with E-state index in [0.29, 0.717) is 28.8 Å². The van der Waals surface area contributed by atoms with Gasteiger partial charge in [0.1, 0.15) is 24.7 Å². The minimum atomic E-state index is -1.16. The Balaban J connectivity index is 2.03. The summed E-state index contributed by atoms with van der Waals surface area (Å²) < 4.78 is 0. The van der Waals surface area contributed by atoms with Crippen LogP contribution in [0.1, 0.15) is 41.8 Å². The molecule has 0 fully saturated rings. The smallest absolute Gasteiger partial charge is 0.251 e. The van der Waals surface area contributed by atoms with E-state index in [0.717, 1.165) is 5.56 Å². The van der Waals surface area contributed by atoms with Crippen molar-refractivity contribution in [3.05, 3.63) is 59.2 Å². The fourth-order valence-corrected chi connectivity index (χ4v) is 4.38. The SMILES string of the molecule is CC(=O)C[C@@H](C=O)NC(=O)CN1C(=O)[C@@H](NC(=O)c2ccccc2)CN(C(C)=O)c2cc(C)cc(C)c21. The molecule has 10 heteroatoms. The van der Waals surface area contributed by atoms with Gasteiger partial charge in [0.2, 0.25) is 11.8 Å². The van der Waals surface area contributed by atoms with E-state index in [1.807, 2.05) is 13.0 Å². The van der Waals surface area contributed by atoms with Crippen molar-refractivity contribution in [3.63, 3.8) is 0 Å². The minimum absolute atomic E-state index is 0.137. The van der Waals surface area contributed by atoms with E-state index in [-0.39, 0.29) is 24.7 Å². The average Bonchev–Trinajstić information content (AvgIpc) is 2.94. The van der Waals surface area contributed by atoms with Crippen molar-refractivity contribution in [1.29, 1.82) is 0 Å². The first-order valence-electron chi connectivity index (χ1n) is 11.8. The molecule has 2 aromatic carbocycles. The first-order valence-corrected chi connectivity index (χ1v) is 11.8. The van der Waals surface area contributed by atoms with Gasteiger partial charge >= 0.3 is 0 Å². The Bertz CT molecular complexity index is 1240.